The van der Waals surface area contributed by atoms with E-state index in [2.05, 4.69) is 19.9 Å². The summed E-state index contributed by atoms with van der Waals surface area (Å²) in [5.74, 6) is 1.03. The van der Waals surface area contributed by atoms with Crippen molar-refractivity contribution in [1.82, 2.24) is 24.4 Å². The van der Waals surface area contributed by atoms with Crippen LogP contribution in [0.15, 0.2) is 12.7 Å². The molecule has 0 atom stereocenters. The van der Waals surface area contributed by atoms with Crippen LogP contribution in [0.1, 0.15) is 27.4 Å². The number of nitrogens with zero attached hydrogens (tertiary/aromatic N) is 6. The standard InChI is InChI=1S/C16H22N6O/c1-11-12(2)17-9-18-15(11)21-5-7-22(8-6-21)16(23)14-13(3)19-10-20(14)4/h9-10H,5-8H2,1-4H3. The van der Waals surface area contributed by atoms with Crippen molar-refractivity contribution in [3.63, 3.8) is 0 Å². The molecule has 0 spiro atoms. The van der Waals surface area contributed by atoms with E-state index >= 15 is 0 Å². The first-order valence-corrected chi connectivity index (χ1v) is 7.79. The Morgan fingerprint density at radius 2 is 1.70 bits per heavy atom. The van der Waals surface area contributed by atoms with Gasteiger partial charge >= 0.3 is 0 Å². The van der Waals surface area contributed by atoms with Gasteiger partial charge in [0.1, 0.15) is 17.8 Å². The van der Waals surface area contributed by atoms with E-state index in [0.29, 0.717) is 18.8 Å². The maximum absolute atomic E-state index is 12.7. The molecule has 1 fully saturated rings. The third-order valence-corrected chi connectivity index (χ3v) is 4.50. The van der Waals surface area contributed by atoms with Gasteiger partial charge in [-0.05, 0) is 20.8 Å². The smallest absolute Gasteiger partial charge is 0.272 e. The van der Waals surface area contributed by atoms with Gasteiger partial charge in [-0.25, -0.2) is 15.0 Å². The zero-order valence-electron chi connectivity index (χ0n) is 14.1. The highest BCUT2D eigenvalue weighted by molar-refractivity contribution is 5.93. The second kappa shape index (κ2) is 5.98. The Morgan fingerprint density at radius 1 is 1.00 bits per heavy atom. The molecule has 0 radical (unpaired) electrons. The zero-order chi connectivity index (χ0) is 16.6. The summed E-state index contributed by atoms with van der Waals surface area (Å²) in [5.41, 5.74) is 3.56. The highest BCUT2D eigenvalue weighted by Gasteiger charge is 2.26. The van der Waals surface area contributed by atoms with Crippen LogP contribution in [-0.4, -0.2) is 56.5 Å². The number of hydrogen-bond donors (Lipinski definition) is 0. The fourth-order valence-corrected chi connectivity index (χ4v) is 2.97. The van der Waals surface area contributed by atoms with Crippen LogP contribution >= 0.6 is 0 Å². The van der Waals surface area contributed by atoms with Gasteiger partial charge in [0.2, 0.25) is 0 Å². The second-order valence-corrected chi connectivity index (χ2v) is 5.98. The van der Waals surface area contributed by atoms with Gasteiger partial charge < -0.3 is 14.4 Å². The number of carbonyl (C=O) groups is 1. The van der Waals surface area contributed by atoms with Crippen molar-refractivity contribution in [3.05, 3.63) is 35.3 Å². The van der Waals surface area contributed by atoms with Crippen LogP contribution in [-0.2, 0) is 7.05 Å². The lowest BCUT2D eigenvalue weighted by molar-refractivity contribution is 0.0736. The average molecular weight is 314 g/mol. The molecule has 2 aromatic heterocycles. The molecular formula is C16H22N6O. The molecule has 0 aromatic carbocycles. The van der Waals surface area contributed by atoms with Crippen LogP contribution in [0.4, 0.5) is 5.82 Å². The first-order valence-electron chi connectivity index (χ1n) is 7.79. The average Bonchev–Trinajstić information content (AvgIpc) is 2.88. The van der Waals surface area contributed by atoms with Gasteiger partial charge in [0.05, 0.1) is 12.0 Å². The molecule has 1 saturated heterocycles. The molecule has 0 bridgehead atoms. The SMILES string of the molecule is Cc1ncnc(N2CCN(C(=O)c3c(C)ncn3C)CC2)c1C. The molecule has 3 heterocycles. The summed E-state index contributed by atoms with van der Waals surface area (Å²) in [6.07, 6.45) is 3.29. The van der Waals surface area contributed by atoms with Crippen LogP contribution in [0.25, 0.3) is 0 Å². The summed E-state index contributed by atoms with van der Waals surface area (Å²) in [6, 6.07) is 0. The first kappa shape index (κ1) is 15.5. The van der Waals surface area contributed by atoms with Gasteiger partial charge in [0.15, 0.2) is 0 Å². The summed E-state index contributed by atoms with van der Waals surface area (Å²) in [5, 5.41) is 0. The van der Waals surface area contributed by atoms with Gasteiger partial charge in [-0.3, -0.25) is 4.79 Å². The summed E-state index contributed by atoms with van der Waals surface area (Å²) in [4.78, 5) is 29.6. The molecule has 3 rings (SSSR count). The Balaban J connectivity index is 1.71. The fourth-order valence-electron chi connectivity index (χ4n) is 2.97. The van der Waals surface area contributed by atoms with Gasteiger partial charge in [-0.2, -0.15) is 0 Å². The largest absolute Gasteiger partial charge is 0.353 e. The normalized spacial score (nSPS) is 15.1. The van der Waals surface area contributed by atoms with Crippen molar-refractivity contribution in [1.29, 1.82) is 0 Å². The van der Waals surface area contributed by atoms with Gasteiger partial charge in [0.25, 0.3) is 5.91 Å². The number of aryl methyl sites for hydroxylation is 3. The van der Waals surface area contributed by atoms with Crippen molar-refractivity contribution in [3.8, 4) is 0 Å². The number of rotatable bonds is 2. The second-order valence-electron chi connectivity index (χ2n) is 5.98. The lowest BCUT2D eigenvalue weighted by atomic mass is 10.2. The van der Waals surface area contributed by atoms with Crippen LogP contribution in [0, 0.1) is 20.8 Å². The summed E-state index contributed by atoms with van der Waals surface area (Å²) in [6.45, 7) is 8.83. The lowest BCUT2D eigenvalue weighted by Crippen LogP contribution is -2.49. The molecule has 1 aliphatic heterocycles. The number of piperazine rings is 1. The molecule has 23 heavy (non-hydrogen) atoms. The molecular weight excluding hydrogens is 292 g/mol. The Bertz CT molecular complexity index is 711. The predicted octanol–water partition coefficient (Wildman–Crippen LogP) is 1.10. The number of imidazole rings is 1. The van der Waals surface area contributed by atoms with Gasteiger partial charge in [-0.15, -0.1) is 0 Å². The molecule has 1 aliphatic rings. The molecule has 7 heteroatoms. The fraction of sp³-hybridized carbons (Fsp3) is 0.500. The summed E-state index contributed by atoms with van der Waals surface area (Å²) in [7, 11) is 1.86. The van der Waals surface area contributed by atoms with Crippen molar-refractivity contribution < 1.29 is 4.79 Å². The number of anilines is 1. The highest BCUT2D eigenvalue weighted by atomic mass is 16.2. The van der Waals surface area contributed by atoms with Crippen LogP contribution in [0.3, 0.4) is 0 Å². The van der Waals surface area contributed by atoms with Crippen LogP contribution in [0.5, 0.6) is 0 Å². The topological polar surface area (TPSA) is 67.2 Å². The molecule has 0 N–H and O–H groups in total. The number of aromatic nitrogens is 4. The van der Waals surface area contributed by atoms with E-state index in [0.717, 1.165) is 35.9 Å². The van der Waals surface area contributed by atoms with E-state index in [1.54, 1.807) is 17.2 Å². The Morgan fingerprint density at radius 3 is 2.30 bits per heavy atom. The van der Waals surface area contributed by atoms with Crippen molar-refractivity contribution in [2.45, 2.75) is 20.8 Å². The molecule has 1 amide bonds. The third-order valence-electron chi connectivity index (χ3n) is 4.50. The third kappa shape index (κ3) is 2.78. The Labute approximate surface area is 136 Å². The number of carbonyl (C=O) groups excluding carboxylic acids is 1. The number of amides is 1. The van der Waals surface area contributed by atoms with Crippen LogP contribution in [0.2, 0.25) is 0 Å². The maximum atomic E-state index is 12.7. The molecule has 0 aliphatic carbocycles. The van der Waals surface area contributed by atoms with Crippen LogP contribution < -0.4 is 4.90 Å². The highest BCUT2D eigenvalue weighted by Crippen LogP contribution is 2.20. The first-order chi connectivity index (χ1) is 11.0. The van der Waals surface area contributed by atoms with E-state index in [9.17, 15) is 4.79 Å². The molecule has 2 aromatic rings. The minimum Gasteiger partial charge on any atom is -0.353 e. The summed E-state index contributed by atoms with van der Waals surface area (Å²) < 4.78 is 1.79. The lowest BCUT2D eigenvalue weighted by Gasteiger charge is -2.36. The quantitative estimate of drug-likeness (QED) is 0.830. The predicted molar refractivity (Wildman–Crippen MR) is 87.6 cm³/mol. The van der Waals surface area contributed by atoms with E-state index in [1.165, 1.54) is 0 Å². The van der Waals surface area contributed by atoms with Crippen molar-refractivity contribution >= 4 is 11.7 Å². The molecule has 7 nitrogen and oxygen atoms in total. The van der Waals surface area contributed by atoms with Gasteiger partial charge in [-0.1, -0.05) is 0 Å². The van der Waals surface area contributed by atoms with E-state index in [4.69, 9.17) is 0 Å². The van der Waals surface area contributed by atoms with Gasteiger partial charge in [0, 0.05) is 44.5 Å². The van der Waals surface area contributed by atoms with Crippen molar-refractivity contribution in [2.24, 2.45) is 7.05 Å². The number of hydrogen-bond acceptors (Lipinski definition) is 5. The monoisotopic (exact) mass is 314 g/mol. The molecule has 122 valence electrons. The summed E-state index contributed by atoms with van der Waals surface area (Å²) >= 11 is 0. The van der Waals surface area contributed by atoms with E-state index in [-0.39, 0.29) is 5.91 Å². The molecule has 0 unspecified atom stereocenters. The minimum atomic E-state index is 0.0535. The van der Waals surface area contributed by atoms with E-state index in [1.807, 2.05) is 32.7 Å². The Hall–Kier alpha value is -2.44. The van der Waals surface area contributed by atoms with Crippen molar-refractivity contribution in [2.75, 3.05) is 31.1 Å². The zero-order valence-corrected chi connectivity index (χ0v) is 14.1. The molecule has 0 saturated carbocycles. The Kier molecular flexibility index (Phi) is 4.02. The van der Waals surface area contributed by atoms with E-state index < -0.39 is 0 Å². The maximum Gasteiger partial charge on any atom is 0.272 e. The minimum absolute atomic E-state index is 0.0535.